The molecule has 31 heavy (non-hydrogen) atoms. The Balaban J connectivity index is 1.68. The molecule has 0 bridgehead atoms. The van der Waals surface area contributed by atoms with Crippen molar-refractivity contribution in [1.29, 1.82) is 0 Å². The van der Waals surface area contributed by atoms with Gasteiger partial charge in [-0.25, -0.2) is 4.79 Å². The molecule has 7 heteroatoms. The van der Waals surface area contributed by atoms with E-state index in [1.807, 2.05) is 32.1 Å². The van der Waals surface area contributed by atoms with Crippen molar-refractivity contribution in [2.75, 3.05) is 26.7 Å². The fraction of sp³-hybridized carbons (Fsp3) is 0.750. The molecular formula is C24H38N2O4S. The van der Waals surface area contributed by atoms with Gasteiger partial charge < -0.3 is 14.4 Å². The van der Waals surface area contributed by atoms with Crippen LogP contribution < -0.4 is 0 Å². The SMILES string of the molecule is COC(=O)[C@@H]1C[C@@H](C(C)(C)C)CN(Cc2cc3c(s2)CCN(C(=O)OC(C)(C)C)C3)C1. The van der Waals surface area contributed by atoms with Crippen LogP contribution in [-0.2, 0) is 33.8 Å². The molecule has 0 spiro atoms. The van der Waals surface area contributed by atoms with Gasteiger partial charge in [0.15, 0.2) is 0 Å². The first-order chi connectivity index (χ1) is 14.4. The van der Waals surface area contributed by atoms with Crippen LogP contribution in [0.1, 0.15) is 63.3 Å². The van der Waals surface area contributed by atoms with Crippen molar-refractivity contribution in [2.45, 2.75) is 73.1 Å². The summed E-state index contributed by atoms with van der Waals surface area (Å²) in [6.07, 6.45) is 1.52. The molecule has 2 aliphatic heterocycles. The van der Waals surface area contributed by atoms with Gasteiger partial charge in [-0.3, -0.25) is 9.69 Å². The highest BCUT2D eigenvalue weighted by Crippen LogP contribution is 2.37. The van der Waals surface area contributed by atoms with Crippen LogP contribution in [-0.4, -0.2) is 54.2 Å². The number of hydrogen-bond donors (Lipinski definition) is 0. The highest BCUT2D eigenvalue weighted by atomic mass is 32.1. The van der Waals surface area contributed by atoms with Crippen LogP contribution in [0.5, 0.6) is 0 Å². The summed E-state index contributed by atoms with van der Waals surface area (Å²) < 4.78 is 10.6. The van der Waals surface area contributed by atoms with E-state index in [9.17, 15) is 9.59 Å². The lowest BCUT2D eigenvalue weighted by Crippen LogP contribution is -2.46. The summed E-state index contributed by atoms with van der Waals surface area (Å²) in [5.74, 6) is 0.278. The molecule has 0 aromatic carbocycles. The summed E-state index contributed by atoms with van der Waals surface area (Å²) in [6, 6.07) is 2.24. The number of rotatable bonds is 3. The minimum atomic E-state index is -0.481. The Kier molecular flexibility index (Phi) is 7.06. The van der Waals surface area contributed by atoms with Crippen LogP contribution in [0.15, 0.2) is 6.07 Å². The zero-order valence-electron chi connectivity index (χ0n) is 20.1. The Hall–Kier alpha value is -1.60. The smallest absolute Gasteiger partial charge is 0.410 e. The Labute approximate surface area is 190 Å². The Bertz CT molecular complexity index is 805. The van der Waals surface area contributed by atoms with E-state index in [1.165, 1.54) is 22.4 Å². The molecule has 0 unspecified atom stereocenters. The van der Waals surface area contributed by atoms with Crippen LogP contribution in [0.2, 0.25) is 0 Å². The van der Waals surface area contributed by atoms with E-state index >= 15 is 0 Å². The lowest BCUT2D eigenvalue weighted by atomic mass is 9.73. The van der Waals surface area contributed by atoms with Gasteiger partial charge in [-0.15, -0.1) is 11.3 Å². The lowest BCUT2D eigenvalue weighted by Gasteiger charge is -2.42. The van der Waals surface area contributed by atoms with Crippen LogP contribution >= 0.6 is 11.3 Å². The normalized spacial score (nSPS) is 22.7. The van der Waals surface area contributed by atoms with Gasteiger partial charge in [0.25, 0.3) is 0 Å². The molecule has 0 radical (unpaired) electrons. The Morgan fingerprint density at radius 3 is 2.48 bits per heavy atom. The Morgan fingerprint density at radius 1 is 1.16 bits per heavy atom. The average molecular weight is 451 g/mol. The first-order valence-corrected chi connectivity index (χ1v) is 12.1. The van der Waals surface area contributed by atoms with E-state index in [0.29, 0.717) is 19.0 Å². The predicted molar refractivity (Wildman–Crippen MR) is 123 cm³/mol. The Morgan fingerprint density at radius 2 is 1.87 bits per heavy atom. The van der Waals surface area contributed by atoms with E-state index in [-0.39, 0.29) is 23.4 Å². The average Bonchev–Trinajstić information content (AvgIpc) is 3.06. The first-order valence-electron chi connectivity index (χ1n) is 11.2. The molecule has 0 N–H and O–H groups in total. The van der Waals surface area contributed by atoms with E-state index < -0.39 is 5.60 Å². The van der Waals surface area contributed by atoms with E-state index in [2.05, 4.69) is 31.7 Å². The topological polar surface area (TPSA) is 59.1 Å². The van der Waals surface area contributed by atoms with E-state index in [0.717, 1.165) is 32.5 Å². The number of likely N-dealkylation sites (tertiary alicyclic amines) is 1. The number of nitrogens with zero attached hydrogens (tertiary/aromatic N) is 2. The third-order valence-electron chi connectivity index (χ3n) is 6.23. The van der Waals surface area contributed by atoms with Gasteiger partial charge in [0, 0.05) is 35.9 Å². The molecule has 1 saturated heterocycles. The highest BCUT2D eigenvalue weighted by molar-refractivity contribution is 7.12. The number of piperidine rings is 1. The summed E-state index contributed by atoms with van der Waals surface area (Å²) >= 11 is 1.84. The van der Waals surface area contributed by atoms with Crippen LogP contribution in [0.4, 0.5) is 4.79 Å². The molecule has 1 fully saturated rings. The molecule has 1 amide bonds. The van der Waals surface area contributed by atoms with Gasteiger partial charge >= 0.3 is 12.1 Å². The van der Waals surface area contributed by atoms with Gasteiger partial charge in [-0.05, 0) is 56.6 Å². The standard InChI is InChI=1S/C24H38N2O4S/c1-23(2,3)18-10-17(21(27)29-7)12-25(14-18)15-19-11-16-13-26(9-8-20(16)31-19)22(28)30-24(4,5)6/h11,17-18H,8-10,12-15H2,1-7H3/t17-,18-/m1/s1. The number of amides is 1. The quantitative estimate of drug-likeness (QED) is 0.625. The molecule has 1 aromatic heterocycles. The third kappa shape index (κ3) is 6.22. The van der Waals surface area contributed by atoms with Crippen molar-refractivity contribution in [3.8, 4) is 0 Å². The van der Waals surface area contributed by atoms with E-state index in [4.69, 9.17) is 9.47 Å². The molecule has 0 saturated carbocycles. The summed E-state index contributed by atoms with van der Waals surface area (Å²) in [4.78, 5) is 31.6. The minimum absolute atomic E-state index is 0.0692. The van der Waals surface area contributed by atoms with Gasteiger partial charge in [0.2, 0.25) is 0 Å². The van der Waals surface area contributed by atoms with Crippen LogP contribution in [0.3, 0.4) is 0 Å². The van der Waals surface area contributed by atoms with Crippen molar-refractivity contribution in [1.82, 2.24) is 9.80 Å². The van der Waals surface area contributed by atoms with Crippen molar-refractivity contribution < 1.29 is 19.1 Å². The number of carbonyl (C=O) groups is 2. The van der Waals surface area contributed by atoms with Crippen LogP contribution in [0.25, 0.3) is 0 Å². The van der Waals surface area contributed by atoms with Crippen molar-refractivity contribution >= 4 is 23.4 Å². The fourth-order valence-corrected chi connectivity index (χ4v) is 5.67. The minimum Gasteiger partial charge on any atom is -0.469 e. The second-order valence-corrected chi connectivity index (χ2v) is 12.2. The number of thiophene rings is 1. The predicted octanol–water partition coefficient (Wildman–Crippen LogP) is 4.70. The third-order valence-corrected chi connectivity index (χ3v) is 7.46. The maximum atomic E-state index is 12.5. The molecule has 174 valence electrons. The number of methoxy groups -OCH3 is 1. The summed E-state index contributed by atoms with van der Waals surface area (Å²) in [5, 5.41) is 0. The number of esters is 1. The van der Waals surface area contributed by atoms with Gasteiger partial charge in [-0.1, -0.05) is 20.8 Å². The molecule has 0 aliphatic carbocycles. The second-order valence-electron chi connectivity index (χ2n) is 11.0. The number of hydrogen-bond acceptors (Lipinski definition) is 6. The molecule has 1 aromatic rings. The molecular weight excluding hydrogens is 412 g/mol. The van der Waals surface area contributed by atoms with Crippen molar-refractivity contribution in [3.63, 3.8) is 0 Å². The maximum absolute atomic E-state index is 12.5. The number of fused-ring (bicyclic) bond motifs is 1. The summed E-state index contributed by atoms with van der Waals surface area (Å²) in [6.45, 7) is 16.3. The largest absolute Gasteiger partial charge is 0.469 e. The van der Waals surface area contributed by atoms with Gasteiger partial charge in [-0.2, -0.15) is 0 Å². The number of ether oxygens (including phenoxy) is 2. The molecule has 3 heterocycles. The second kappa shape index (κ2) is 9.10. The molecule has 6 nitrogen and oxygen atoms in total. The number of carbonyl (C=O) groups excluding carboxylic acids is 2. The molecule has 3 rings (SSSR count). The fourth-order valence-electron chi connectivity index (χ4n) is 4.46. The first kappa shape index (κ1) is 24.1. The van der Waals surface area contributed by atoms with Gasteiger partial charge in [0.05, 0.1) is 19.6 Å². The van der Waals surface area contributed by atoms with Crippen LogP contribution in [0, 0.1) is 17.3 Å². The highest BCUT2D eigenvalue weighted by Gasteiger charge is 2.38. The molecule has 2 aliphatic rings. The van der Waals surface area contributed by atoms with Crippen molar-refractivity contribution in [3.05, 3.63) is 21.4 Å². The van der Waals surface area contributed by atoms with Gasteiger partial charge in [0.1, 0.15) is 5.60 Å². The molecule has 2 atom stereocenters. The monoisotopic (exact) mass is 450 g/mol. The summed E-state index contributed by atoms with van der Waals surface area (Å²) in [7, 11) is 1.48. The lowest BCUT2D eigenvalue weighted by molar-refractivity contribution is -0.149. The zero-order valence-corrected chi connectivity index (χ0v) is 20.9. The maximum Gasteiger partial charge on any atom is 0.410 e. The zero-order chi connectivity index (χ0) is 23.0. The van der Waals surface area contributed by atoms with E-state index in [1.54, 1.807) is 4.90 Å². The summed E-state index contributed by atoms with van der Waals surface area (Å²) in [5.41, 5.74) is 0.893. The van der Waals surface area contributed by atoms with Crippen molar-refractivity contribution in [2.24, 2.45) is 17.3 Å².